The molecule has 6 aromatic rings. The van der Waals surface area contributed by atoms with E-state index in [1.807, 2.05) is 182 Å². The van der Waals surface area contributed by atoms with Crippen LogP contribution in [0, 0.1) is 0 Å². The molecule has 0 aliphatic carbocycles. The van der Waals surface area contributed by atoms with Crippen LogP contribution < -0.4 is 0 Å². The quantitative estimate of drug-likeness (QED) is 0.0378. The van der Waals surface area contributed by atoms with E-state index >= 15 is 0 Å². The molecular formula is C66H77NO20. The van der Waals surface area contributed by atoms with Crippen LogP contribution in [0.2, 0.25) is 0 Å². The molecule has 21 nitrogen and oxygen atoms in total. The Morgan fingerprint density at radius 1 is 0.391 bits per heavy atom. The van der Waals surface area contributed by atoms with E-state index in [1.165, 1.54) is 0 Å². The van der Waals surface area contributed by atoms with Gasteiger partial charge in [-0.3, -0.25) is 4.90 Å². The largest absolute Gasteiger partial charge is 0.445 e. The fraction of sp³-hybridized carbons (Fsp3) is 0.439. The monoisotopic (exact) mass is 1200 g/mol. The maximum atomic E-state index is 14.6. The summed E-state index contributed by atoms with van der Waals surface area (Å²) in [6.45, 7) is -1.39. The summed E-state index contributed by atoms with van der Waals surface area (Å²) in [7, 11) is 0. The second-order valence-corrected chi connectivity index (χ2v) is 21.9. The first-order valence-corrected chi connectivity index (χ1v) is 29.3. The Morgan fingerprint density at radius 3 is 1.30 bits per heavy atom. The number of nitrogens with zero attached hydrogens (tertiary/aromatic N) is 1. The molecule has 7 N–H and O–H groups in total. The lowest BCUT2D eigenvalue weighted by atomic mass is 9.95. The molecule has 6 aromatic carbocycles. The van der Waals surface area contributed by atoms with E-state index in [0.29, 0.717) is 0 Å². The van der Waals surface area contributed by atoms with E-state index in [2.05, 4.69) is 0 Å². The lowest BCUT2D eigenvalue weighted by Gasteiger charge is -2.50. The SMILES string of the molecule is O=C(OCc1ccccc1)N1C[C@H](OCc2ccccc2)[C@H](O[C@H]2O[C@H](COCc3ccccc3)[C@H](O[C@@H]3O[C@H](CO)[C@@H](O[C@@H]4O[C@H](CO)[C@@H](O)[C@H](O)[C@H]4O)[C@H](O)[C@H]3O)[C@H](OCc3ccccc3)[C@H]2OCc2ccccc2)[C@@H]1COCc1ccccc1. The Morgan fingerprint density at radius 2 is 0.793 bits per heavy atom. The van der Waals surface area contributed by atoms with Crippen LogP contribution in [-0.4, -0.2) is 190 Å². The van der Waals surface area contributed by atoms with Crippen molar-refractivity contribution in [3.8, 4) is 0 Å². The van der Waals surface area contributed by atoms with Gasteiger partial charge in [-0.05, 0) is 33.4 Å². The molecule has 4 aliphatic heterocycles. The number of aliphatic hydroxyl groups is 7. The van der Waals surface area contributed by atoms with Crippen molar-refractivity contribution < 1.29 is 97.4 Å². The number of ether oxygens (including phenoxy) is 12. The van der Waals surface area contributed by atoms with Crippen LogP contribution in [-0.2, 0) is 96.5 Å². The molecule has 0 aromatic heterocycles. The molecule has 18 atom stereocenters. The molecule has 4 heterocycles. The first kappa shape index (κ1) is 63.9. The molecule has 0 radical (unpaired) electrons. The summed E-state index contributed by atoms with van der Waals surface area (Å²) in [6, 6.07) is 55.9. The van der Waals surface area contributed by atoms with Gasteiger partial charge in [0.2, 0.25) is 0 Å². The summed E-state index contributed by atoms with van der Waals surface area (Å²) in [5.41, 5.74) is 4.94. The van der Waals surface area contributed by atoms with E-state index in [1.54, 1.807) is 4.90 Å². The smallest absolute Gasteiger partial charge is 0.410 e. The number of amides is 1. The molecular weight excluding hydrogens is 1130 g/mol. The first-order chi connectivity index (χ1) is 42.5. The van der Waals surface area contributed by atoms with Crippen molar-refractivity contribution >= 4 is 6.09 Å². The van der Waals surface area contributed by atoms with Crippen molar-refractivity contribution in [2.45, 2.75) is 150 Å². The lowest BCUT2D eigenvalue weighted by Crippen LogP contribution is -2.67. The van der Waals surface area contributed by atoms with Gasteiger partial charge in [0.15, 0.2) is 18.9 Å². The van der Waals surface area contributed by atoms with Crippen molar-refractivity contribution in [2.24, 2.45) is 0 Å². The summed E-state index contributed by atoms with van der Waals surface area (Å²) in [5, 5.41) is 76.6. The second kappa shape index (κ2) is 31.9. The first-order valence-electron chi connectivity index (χ1n) is 29.3. The fourth-order valence-electron chi connectivity index (χ4n) is 11.1. The van der Waals surface area contributed by atoms with Crippen LogP contribution >= 0.6 is 0 Å². The van der Waals surface area contributed by atoms with Crippen LogP contribution in [0.3, 0.4) is 0 Å². The van der Waals surface area contributed by atoms with Gasteiger partial charge in [0, 0.05) is 0 Å². The molecule has 0 unspecified atom stereocenters. The third kappa shape index (κ3) is 16.8. The summed E-state index contributed by atoms with van der Waals surface area (Å²) in [5.74, 6) is 0. The van der Waals surface area contributed by atoms with Crippen LogP contribution in [0.4, 0.5) is 4.79 Å². The van der Waals surface area contributed by atoms with Gasteiger partial charge in [-0.15, -0.1) is 0 Å². The van der Waals surface area contributed by atoms with Crippen molar-refractivity contribution in [3.05, 3.63) is 215 Å². The highest BCUT2D eigenvalue weighted by Gasteiger charge is 2.57. The van der Waals surface area contributed by atoms with E-state index in [0.717, 1.165) is 33.4 Å². The molecule has 87 heavy (non-hydrogen) atoms. The van der Waals surface area contributed by atoms with E-state index in [-0.39, 0.29) is 59.4 Å². The Balaban J connectivity index is 1.02. The Hall–Kier alpha value is -6.13. The molecule has 1 amide bonds. The minimum absolute atomic E-state index is 0.00715. The molecule has 21 heteroatoms. The number of aliphatic hydroxyl groups excluding tert-OH is 7. The molecule has 4 fully saturated rings. The van der Waals surface area contributed by atoms with Crippen molar-refractivity contribution in [1.82, 2.24) is 4.90 Å². The van der Waals surface area contributed by atoms with Crippen LogP contribution in [0.1, 0.15) is 33.4 Å². The van der Waals surface area contributed by atoms with Crippen molar-refractivity contribution in [1.29, 1.82) is 0 Å². The highest BCUT2D eigenvalue weighted by Crippen LogP contribution is 2.38. The maximum absolute atomic E-state index is 14.6. The minimum Gasteiger partial charge on any atom is -0.445 e. The normalized spacial score (nSPS) is 30.9. The topological polar surface area (TPSA) is 273 Å². The number of likely N-dealkylation sites (tertiary alicyclic amines) is 1. The average Bonchev–Trinajstić information content (AvgIpc) is 2.37. The molecule has 4 saturated heterocycles. The molecule has 4 aliphatic rings. The highest BCUT2D eigenvalue weighted by atomic mass is 16.8. The van der Waals surface area contributed by atoms with Crippen LogP contribution in [0.5, 0.6) is 0 Å². The zero-order chi connectivity index (χ0) is 60.5. The molecule has 0 bridgehead atoms. The van der Waals surface area contributed by atoms with Gasteiger partial charge >= 0.3 is 6.09 Å². The Labute approximate surface area is 504 Å². The predicted molar refractivity (Wildman–Crippen MR) is 309 cm³/mol. The second-order valence-electron chi connectivity index (χ2n) is 21.9. The van der Waals surface area contributed by atoms with Gasteiger partial charge in [-0.2, -0.15) is 0 Å². The average molecular weight is 1200 g/mol. The molecule has 0 spiro atoms. The third-order valence-electron chi connectivity index (χ3n) is 15.8. The van der Waals surface area contributed by atoms with Crippen molar-refractivity contribution in [3.63, 3.8) is 0 Å². The summed E-state index contributed by atoms with van der Waals surface area (Å²) in [6.07, 6.45) is -26.1. The van der Waals surface area contributed by atoms with Crippen LogP contribution in [0.25, 0.3) is 0 Å². The van der Waals surface area contributed by atoms with Crippen LogP contribution in [0.15, 0.2) is 182 Å². The summed E-state index contributed by atoms with van der Waals surface area (Å²) >= 11 is 0. The Bertz CT molecular complexity index is 2930. The predicted octanol–water partition coefficient (Wildman–Crippen LogP) is 4.32. The van der Waals surface area contributed by atoms with Crippen molar-refractivity contribution in [2.75, 3.05) is 33.0 Å². The minimum atomic E-state index is -1.95. The standard InChI is InChI=1S/C66H77NO20/c68-32-50-53(70)54(71)56(73)63(82-50)86-59-51(33-69)83-64(57(74)55(59)72)87-60-52(41-77-35-43-21-9-2-10-22-43)84-65(62(80-38-46-27-15-5-16-28-46)61(60)79-37-45-25-13-4-14-26-45)85-58-48(40-76-34-42-19-7-1-8-20-42)67(66(75)81-39-47-29-17-6-18-30-47)31-49(58)78-36-44-23-11-3-12-24-44/h1-30,48-65,68-74H,31-41H2/t48-,49-,50+,51+,52+,53+,54-,55+,56+,57+,58+,59+,60-,61-,62+,63-,64-,65+/m0/s1. The fourth-order valence-corrected chi connectivity index (χ4v) is 11.1. The van der Waals surface area contributed by atoms with E-state index < -0.39 is 130 Å². The van der Waals surface area contributed by atoms with Gasteiger partial charge in [0.1, 0.15) is 92.1 Å². The number of benzene rings is 6. The third-order valence-corrected chi connectivity index (χ3v) is 15.8. The number of rotatable bonds is 27. The number of carbonyl (C=O) groups excluding carboxylic acids is 1. The zero-order valence-electron chi connectivity index (χ0n) is 47.9. The summed E-state index contributed by atoms with van der Waals surface area (Å²) < 4.78 is 79.0. The lowest BCUT2D eigenvalue weighted by molar-refractivity contribution is -0.387. The molecule has 0 saturated carbocycles. The highest BCUT2D eigenvalue weighted by molar-refractivity contribution is 5.69. The number of carbonyl (C=O) groups is 1. The summed E-state index contributed by atoms with van der Waals surface area (Å²) in [4.78, 5) is 16.2. The van der Waals surface area contributed by atoms with Gasteiger partial charge < -0.3 is 92.6 Å². The van der Waals surface area contributed by atoms with E-state index in [4.69, 9.17) is 56.8 Å². The van der Waals surface area contributed by atoms with Gasteiger partial charge in [-0.25, -0.2) is 4.79 Å². The zero-order valence-corrected chi connectivity index (χ0v) is 47.9. The van der Waals surface area contributed by atoms with E-state index in [9.17, 15) is 40.5 Å². The molecule has 10 rings (SSSR count). The molecule has 466 valence electrons. The van der Waals surface area contributed by atoms with Gasteiger partial charge in [0.25, 0.3) is 0 Å². The maximum Gasteiger partial charge on any atom is 0.410 e. The Kier molecular flexibility index (Phi) is 23.4. The number of hydrogen-bond acceptors (Lipinski definition) is 20. The van der Waals surface area contributed by atoms with Gasteiger partial charge in [0.05, 0.1) is 72.0 Å². The number of hydrogen-bond donors (Lipinski definition) is 7. The van der Waals surface area contributed by atoms with Gasteiger partial charge in [-0.1, -0.05) is 182 Å².